The van der Waals surface area contributed by atoms with Crippen LogP contribution in [0, 0.1) is 0 Å². The normalized spacial score (nSPS) is 16.6. The Balaban J connectivity index is 2.15. The maximum atomic E-state index is 4.27. The van der Waals surface area contributed by atoms with Crippen molar-refractivity contribution in [3.8, 4) is 0 Å². The average Bonchev–Trinajstić information content (AvgIpc) is 2.29. The summed E-state index contributed by atoms with van der Waals surface area (Å²) in [5, 5.41) is 3.95. The van der Waals surface area contributed by atoms with Gasteiger partial charge in [0.1, 0.15) is 4.38 Å². The zero-order chi connectivity index (χ0) is 6.81. The summed E-state index contributed by atoms with van der Waals surface area (Å²) in [4.78, 5) is 8.32. The number of aromatic nitrogens is 1. The third kappa shape index (κ3) is 1.36. The van der Waals surface area contributed by atoms with Crippen LogP contribution in [0.5, 0.6) is 0 Å². The molecule has 0 aliphatic carbocycles. The van der Waals surface area contributed by atoms with Crippen molar-refractivity contribution in [3.63, 3.8) is 0 Å². The number of thioether (sulfide) groups is 2. The SMILES string of the molecule is c1csc(N=C2SCS2)n1. The van der Waals surface area contributed by atoms with E-state index in [1.807, 2.05) is 5.38 Å². The highest BCUT2D eigenvalue weighted by atomic mass is 32.3. The first-order valence-corrected chi connectivity index (χ1v) is 5.54. The molecule has 0 radical (unpaired) electrons. The zero-order valence-corrected chi connectivity index (χ0v) is 7.43. The van der Waals surface area contributed by atoms with Crippen molar-refractivity contribution in [2.75, 3.05) is 5.08 Å². The lowest BCUT2D eigenvalue weighted by Gasteiger charge is -2.10. The maximum Gasteiger partial charge on any atom is 0.210 e. The Labute approximate surface area is 71.2 Å². The van der Waals surface area contributed by atoms with Crippen LogP contribution in [0.4, 0.5) is 5.13 Å². The van der Waals surface area contributed by atoms with Crippen molar-refractivity contribution >= 4 is 44.4 Å². The molecule has 1 aliphatic heterocycles. The molecule has 0 bridgehead atoms. The van der Waals surface area contributed by atoms with Gasteiger partial charge in [-0.05, 0) is 0 Å². The molecule has 52 valence electrons. The Bertz CT molecular complexity index is 235. The number of aliphatic imine (C=N–C) groups is 1. The molecule has 2 nitrogen and oxygen atoms in total. The van der Waals surface area contributed by atoms with E-state index in [1.54, 1.807) is 41.1 Å². The van der Waals surface area contributed by atoms with E-state index in [2.05, 4.69) is 9.98 Å². The molecule has 0 amide bonds. The van der Waals surface area contributed by atoms with Crippen molar-refractivity contribution < 1.29 is 0 Å². The fraction of sp³-hybridized carbons (Fsp3) is 0.200. The Morgan fingerprint density at radius 1 is 1.50 bits per heavy atom. The summed E-state index contributed by atoms with van der Waals surface area (Å²) in [6.07, 6.45) is 1.78. The van der Waals surface area contributed by atoms with Gasteiger partial charge in [0.15, 0.2) is 0 Å². The minimum atomic E-state index is 0.870. The molecule has 0 N–H and O–H groups in total. The van der Waals surface area contributed by atoms with Crippen molar-refractivity contribution in [2.45, 2.75) is 0 Å². The summed E-state index contributed by atoms with van der Waals surface area (Å²) in [7, 11) is 0. The van der Waals surface area contributed by atoms with Crippen LogP contribution in [0.3, 0.4) is 0 Å². The van der Waals surface area contributed by atoms with E-state index in [9.17, 15) is 0 Å². The summed E-state index contributed by atoms with van der Waals surface area (Å²) in [6.45, 7) is 0. The fourth-order valence-corrected chi connectivity index (χ4v) is 2.35. The third-order valence-corrected chi connectivity index (χ3v) is 3.96. The standard InChI is InChI=1S/C5H4N2S3/c1-2-8-4(6-1)7-5-9-3-10-5/h1-2H,3H2. The van der Waals surface area contributed by atoms with Crippen LogP contribution >= 0.6 is 34.9 Å². The maximum absolute atomic E-state index is 4.27. The molecule has 2 heterocycles. The second kappa shape index (κ2) is 2.94. The Morgan fingerprint density at radius 3 is 2.90 bits per heavy atom. The number of nitrogens with zero attached hydrogens (tertiary/aromatic N) is 2. The lowest BCUT2D eigenvalue weighted by molar-refractivity contribution is 1.37. The highest BCUT2D eigenvalue weighted by Gasteiger charge is 2.12. The zero-order valence-electron chi connectivity index (χ0n) is 4.98. The molecular formula is C5H4N2S3. The van der Waals surface area contributed by atoms with E-state index in [0.29, 0.717) is 0 Å². The van der Waals surface area contributed by atoms with Gasteiger partial charge >= 0.3 is 0 Å². The number of rotatable bonds is 1. The molecule has 1 fully saturated rings. The predicted octanol–water partition coefficient (Wildman–Crippen LogP) is 2.57. The molecule has 0 spiro atoms. The Kier molecular flexibility index (Phi) is 1.97. The molecule has 0 saturated carbocycles. The van der Waals surface area contributed by atoms with Gasteiger partial charge in [-0.1, -0.05) is 23.5 Å². The Morgan fingerprint density at radius 2 is 2.40 bits per heavy atom. The van der Waals surface area contributed by atoms with E-state index in [0.717, 1.165) is 14.6 Å². The van der Waals surface area contributed by atoms with E-state index in [4.69, 9.17) is 0 Å². The molecule has 1 saturated heterocycles. The quantitative estimate of drug-likeness (QED) is 0.677. The van der Waals surface area contributed by atoms with Crippen LogP contribution in [-0.4, -0.2) is 14.4 Å². The monoisotopic (exact) mass is 188 g/mol. The van der Waals surface area contributed by atoms with Crippen molar-refractivity contribution in [1.29, 1.82) is 0 Å². The second-order valence-corrected chi connectivity index (χ2v) is 5.02. The molecule has 1 aromatic heterocycles. The van der Waals surface area contributed by atoms with Crippen molar-refractivity contribution in [3.05, 3.63) is 11.6 Å². The lowest BCUT2D eigenvalue weighted by Crippen LogP contribution is -1.96. The van der Waals surface area contributed by atoms with E-state index in [-0.39, 0.29) is 0 Å². The van der Waals surface area contributed by atoms with Crippen LogP contribution in [0.15, 0.2) is 16.6 Å². The van der Waals surface area contributed by atoms with Crippen LogP contribution in [0.25, 0.3) is 0 Å². The van der Waals surface area contributed by atoms with Gasteiger partial charge < -0.3 is 0 Å². The molecular weight excluding hydrogens is 184 g/mol. The van der Waals surface area contributed by atoms with Crippen molar-refractivity contribution in [2.24, 2.45) is 4.99 Å². The molecule has 0 atom stereocenters. The lowest BCUT2D eigenvalue weighted by atomic mass is 11.0. The first-order chi connectivity index (χ1) is 4.95. The molecule has 1 aromatic rings. The highest BCUT2D eigenvalue weighted by molar-refractivity contribution is 8.52. The van der Waals surface area contributed by atoms with E-state index < -0.39 is 0 Å². The molecule has 0 unspecified atom stereocenters. The van der Waals surface area contributed by atoms with Crippen LogP contribution < -0.4 is 0 Å². The molecule has 5 heteroatoms. The summed E-state index contributed by atoms with van der Waals surface area (Å²) in [5.41, 5.74) is 0. The summed E-state index contributed by atoms with van der Waals surface area (Å²) in [6, 6.07) is 0. The first-order valence-electron chi connectivity index (χ1n) is 2.69. The van der Waals surface area contributed by atoms with Crippen LogP contribution in [0.1, 0.15) is 0 Å². The second-order valence-electron chi connectivity index (χ2n) is 1.60. The van der Waals surface area contributed by atoms with Gasteiger partial charge in [0.05, 0.1) is 5.08 Å². The molecule has 10 heavy (non-hydrogen) atoms. The first kappa shape index (κ1) is 6.69. The van der Waals surface area contributed by atoms with E-state index in [1.165, 1.54) is 0 Å². The Hall–Kier alpha value is -0.0000000000000000555. The largest absolute Gasteiger partial charge is 0.227 e. The summed E-state index contributed by atoms with van der Waals surface area (Å²) >= 11 is 5.14. The summed E-state index contributed by atoms with van der Waals surface area (Å²) in [5.74, 6) is 0. The van der Waals surface area contributed by atoms with Crippen LogP contribution in [-0.2, 0) is 0 Å². The van der Waals surface area contributed by atoms with Gasteiger partial charge in [0, 0.05) is 11.6 Å². The van der Waals surface area contributed by atoms with E-state index >= 15 is 0 Å². The fourth-order valence-electron chi connectivity index (χ4n) is 0.525. The predicted molar refractivity (Wildman–Crippen MR) is 49.3 cm³/mol. The number of hydrogen-bond donors (Lipinski definition) is 0. The average molecular weight is 188 g/mol. The molecule has 0 aromatic carbocycles. The highest BCUT2D eigenvalue weighted by Crippen LogP contribution is 2.35. The van der Waals surface area contributed by atoms with Gasteiger partial charge in [-0.15, -0.1) is 11.3 Å². The minimum Gasteiger partial charge on any atom is -0.227 e. The van der Waals surface area contributed by atoms with Gasteiger partial charge in [0.2, 0.25) is 5.13 Å². The number of hydrogen-bond acceptors (Lipinski definition) is 5. The summed E-state index contributed by atoms with van der Waals surface area (Å²) < 4.78 is 1.15. The van der Waals surface area contributed by atoms with Gasteiger partial charge in [-0.2, -0.15) is 0 Å². The van der Waals surface area contributed by atoms with Gasteiger partial charge in [-0.25, -0.2) is 9.98 Å². The van der Waals surface area contributed by atoms with Gasteiger partial charge in [0.25, 0.3) is 0 Å². The smallest absolute Gasteiger partial charge is 0.210 e. The van der Waals surface area contributed by atoms with Crippen LogP contribution in [0.2, 0.25) is 0 Å². The van der Waals surface area contributed by atoms with Gasteiger partial charge in [-0.3, -0.25) is 0 Å². The van der Waals surface area contributed by atoms with Crippen molar-refractivity contribution in [1.82, 2.24) is 4.98 Å². The minimum absolute atomic E-state index is 0.870. The number of thiazole rings is 1. The molecule has 2 rings (SSSR count). The molecule has 1 aliphatic rings. The third-order valence-electron chi connectivity index (χ3n) is 0.971. The topological polar surface area (TPSA) is 25.2 Å².